The van der Waals surface area contributed by atoms with Crippen LogP contribution in [0.5, 0.6) is 0 Å². The van der Waals surface area contributed by atoms with Gasteiger partial charge < -0.3 is 112 Å². The molecule has 25 heteroatoms. The quantitative estimate of drug-likeness (QED) is 0.0555. The van der Waals surface area contributed by atoms with Gasteiger partial charge in [0.15, 0.2) is 31.5 Å². The summed E-state index contributed by atoms with van der Waals surface area (Å²) in [6, 6.07) is 0. The number of carbonyl (C=O) groups excluding carboxylic acids is 2. The maximum Gasteiger partial charge on any atom is 0.333 e. The lowest BCUT2D eigenvalue weighted by Crippen LogP contribution is -2.67. The highest BCUT2D eigenvalue weighted by atomic mass is 16.8. The van der Waals surface area contributed by atoms with Gasteiger partial charge in [-0.1, -0.05) is 31.6 Å². The highest BCUT2D eigenvalue weighted by Crippen LogP contribution is 2.69. The van der Waals surface area contributed by atoms with Crippen LogP contribution in [0.15, 0.2) is 23.3 Å². The number of methoxy groups -OCH3 is 4. The number of fused-ring (bicyclic) bond motifs is 5. The lowest BCUT2D eigenvalue weighted by Gasteiger charge is -2.63. The van der Waals surface area contributed by atoms with E-state index in [0.29, 0.717) is 44.1 Å². The normalized spacial score (nSPS) is 49.8. The van der Waals surface area contributed by atoms with E-state index in [0.717, 1.165) is 12.8 Å². The fourth-order valence-electron chi connectivity index (χ4n) is 16.5. The molecule has 9 rings (SSSR count). The first kappa shape index (κ1) is 68.9. The summed E-state index contributed by atoms with van der Waals surface area (Å²) in [4.78, 5) is 25.8. The monoisotopic (exact) mass is 1240 g/mol. The van der Waals surface area contributed by atoms with Crippen LogP contribution in [0.2, 0.25) is 0 Å². The van der Waals surface area contributed by atoms with Gasteiger partial charge in [0.2, 0.25) is 0 Å². The van der Waals surface area contributed by atoms with Crippen LogP contribution in [0.3, 0.4) is 0 Å². The average molecular weight is 1250 g/mol. The van der Waals surface area contributed by atoms with Crippen molar-refractivity contribution in [3.05, 3.63) is 23.3 Å². The van der Waals surface area contributed by atoms with E-state index in [1.807, 2.05) is 27.7 Å². The SMILES string of the molecule is C/C=C(\C)C(=O)O[C@@H]1C[C@H]2[C@@H](CC=C3C[C@@H](O[C@H]4C[C@H](OC)[C@H](O[C@H]5C[C@H](OC)[C@H](O[C@@H]6O[C@H](C)[C@@H](O[C@@H]7O[C@H](C)[C@@H](O[C@@H]8O[C@H](CO)[C@@H](O)[C@H](O)[C@H]8O)[C@@H](OC)[C@H]7O)[C@H](OC)[C@H]6O)[C@@H](C)O5)[C@@H](C)O4)CC[C@@]32C)[C@@]2(O)CC[C@H]([C@@H](C)OC(C)=O)[C@@]12C. The van der Waals surface area contributed by atoms with Gasteiger partial charge in [-0.15, -0.1) is 0 Å². The van der Waals surface area contributed by atoms with E-state index in [1.54, 1.807) is 48.0 Å². The van der Waals surface area contributed by atoms with E-state index in [2.05, 4.69) is 13.0 Å². The third-order valence-electron chi connectivity index (χ3n) is 21.6. The summed E-state index contributed by atoms with van der Waals surface area (Å²) in [5.41, 5.74) is -0.533. The lowest BCUT2D eigenvalue weighted by atomic mass is 9.44. The molecule has 0 aromatic carbocycles. The van der Waals surface area contributed by atoms with Crippen LogP contribution in [0.4, 0.5) is 0 Å². The summed E-state index contributed by atoms with van der Waals surface area (Å²) in [5, 5.41) is 77.4. The topological polar surface area (TPSA) is 323 Å². The molecule has 87 heavy (non-hydrogen) atoms. The Balaban J connectivity index is 0.784. The molecule has 498 valence electrons. The Kier molecular flexibility index (Phi) is 22.2. The number of aliphatic hydroxyl groups is 7. The van der Waals surface area contributed by atoms with E-state index < -0.39 is 177 Å². The van der Waals surface area contributed by atoms with E-state index in [1.165, 1.54) is 26.7 Å². The van der Waals surface area contributed by atoms with Crippen molar-refractivity contribution < 1.29 is 121 Å². The van der Waals surface area contributed by atoms with Gasteiger partial charge in [-0.3, -0.25) is 4.79 Å². The maximum absolute atomic E-state index is 13.6. The summed E-state index contributed by atoms with van der Waals surface area (Å²) in [6.45, 7) is 17.5. The second-order valence-corrected chi connectivity index (χ2v) is 26.3. The van der Waals surface area contributed by atoms with Crippen LogP contribution < -0.4 is 0 Å². The van der Waals surface area contributed by atoms with E-state index >= 15 is 0 Å². The van der Waals surface area contributed by atoms with Crippen molar-refractivity contribution in [1.29, 1.82) is 0 Å². The number of hydrogen-bond donors (Lipinski definition) is 7. The molecule has 4 aliphatic carbocycles. The molecule has 5 heterocycles. The summed E-state index contributed by atoms with van der Waals surface area (Å²) < 4.78 is 99.1. The Morgan fingerprint density at radius 1 is 0.644 bits per heavy atom. The zero-order chi connectivity index (χ0) is 63.4. The third kappa shape index (κ3) is 13.2. The number of hydrogen-bond acceptors (Lipinski definition) is 25. The maximum atomic E-state index is 13.6. The largest absolute Gasteiger partial charge is 0.463 e. The molecule has 25 nitrogen and oxygen atoms in total. The summed E-state index contributed by atoms with van der Waals surface area (Å²) in [6.07, 6.45) is -16.1. The Hall–Kier alpha value is -2.42. The van der Waals surface area contributed by atoms with Gasteiger partial charge in [-0.2, -0.15) is 0 Å². The number of rotatable bonds is 19. The van der Waals surface area contributed by atoms with E-state index in [9.17, 15) is 45.3 Å². The van der Waals surface area contributed by atoms with Crippen molar-refractivity contribution in [3.8, 4) is 0 Å². The predicted octanol–water partition coefficient (Wildman–Crippen LogP) is 2.39. The summed E-state index contributed by atoms with van der Waals surface area (Å²) in [5.74, 6) is -1.06. The van der Waals surface area contributed by atoms with Crippen LogP contribution in [0, 0.1) is 28.6 Å². The minimum atomic E-state index is -1.71. The first-order valence-electron chi connectivity index (χ1n) is 31.3. The molecule has 9 aliphatic rings. The van der Waals surface area contributed by atoms with E-state index in [4.69, 9.17) is 75.8 Å². The minimum absolute atomic E-state index is 0.0233. The van der Waals surface area contributed by atoms with Crippen molar-refractivity contribution >= 4 is 11.9 Å². The smallest absolute Gasteiger partial charge is 0.333 e. The van der Waals surface area contributed by atoms with E-state index in [-0.39, 0.29) is 41.7 Å². The van der Waals surface area contributed by atoms with Crippen molar-refractivity contribution in [3.63, 3.8) is 0 Å². The predicted molar refractivity (Wildman–Crippen MR) is 302 cm³/mol. The number of ether oxygens (including phenoxy) is 16. The fourth-order valence-corrected chi connectivity index (χ4v) is 16.5. The molecule has 0 spiro atoms. The van der Waals surface area contributed by atoms with Gasteiger partial charge in [0.05, 0.1) is 54.9 Å². The molecule has 0 bridgehead atoms. The standard InChI is InChI=1S/C62H100O25/c1-15-27(2)56(70)83-42-23-38-37(62(71)21-19-36(61(42,62)10)28(3)76-33(8)64)17-16-34-22-35(18-20-60(34,38)9)81-43-24-39(72-11)50(29(4)77-43)84-44-25-40(73-12)51(30(5)78-44)85-58-48(68)54(74-13)53(32(7)79-58)87-59-49(69)55(75-14)52(31(6)80-59)86-57-47(67)46(66)45(65)41(26-63)82-57/h15-16,28-32,35-55,57-59,63,65-69,71H,17-26H2,1-14H3/b27-15+/t28-,29-,30-,31-,32-,35+,36-,37-,38+,39+,40+,41-,42-,43+,44+,45-,46+,47-,48-,49-,50-,51-,52-,53-,54-,55+,57+,58+,59+,60+,61+,62+/m1/s1. The number of esters is 2. The van der Waals surface area contributed by atoms with Crippen LogP contribution in [-0.2, 0) is 85.4 Å². The Morgan fingerprint density at radius 3 is 1.70 bits per heavy atom. The Morgan fingerprint density at radius 2 is 1.17 bits per heavy atom. The molecular formula is C62H100O25. The van der Waals surface area contributed by atoms with Gasteiger partial charge in [-0.05, 0) is 111 Å². The Labute approximate surface area is 510 Å². The first-order valence-corrected chi connectivity index (χ1v) is 31.3. The van der Waals surface area contributed by atoms with Crippen molar-refractivity contribution in [1.82, 2.24) is 0 Å². The van der Waals surface area contributed by atoms with Gasteiger partial charge in [0.1, 0.15) is 85.5 Å². The fraction of sp³-hybridized carbons (Fsp3) is 0.903. The first-order chi connectivity index (χ1) is 41.2. The van der Waals surface area contributed by atoms with Crippen LogP contribution in [0.1, 0.15) is 127 Å². The molecule has 32 atom stereocenters. The molecule has 0 amide bonds. The van der Waals surface area contributed by atoms with Gasteiger partial charge in [0.25, 0.3) is 0 Å². The third-order valence-corrected chi connectivity index (χ3v) is 21.6. The van der Waals surface area contributed by atoms with Crippen molar-refractivity contribution in [2.45, 2.75) is 292 Å². The zero-order valence-corrected chi connectivity index (χ0v) is 52.9. The minimum Gasteiger partial charge on any atom is -0.463 e. The summed E-state index contributed by atoms with van der Waals surface area (Å²) >= 11 is 0. The molecule has 5 saturated heterocycles. The van der Waals surface area contributed by atoms with Gasteiger partial charge in [-0.25, -0.2) is 4.79 Å². The lowest BCUT2D eigenvalue weighted by molar-refractivity contribution is -0.383. The molecule has 8 fully saturated rings. The highest BCUT2D eigenvalue weighted by Gasteiger charge is 2.72. The van der Waals surface area contributed by atoms with Gasteiger partial charge >= 0.3 is 11.9 Å². The number of carbonyl (C=O) groups is 2. The number of allylic oxidation sites excluding steroid dienone is 2. The number of aliphatic hydroxyl groups excluding tert-OH is 6. The molecule has 0 aromatic heterocycles. The highest BCUT2D eigenvalue weighted by molar-refractivity contribution is 5.87. The molecule has 7 N–H and O–H groups in total. The molecule has 5 aliphatic heterocycles. The second kappa shape index (κ2) is 28.0. The van der Waals surface area contributed by atoms with Gasteiger partial charge in [0, 0.05) is 65.1 Å². The second-order valence-electron chi connectivity index (χ2n) is 26.3. The Bertz CT molecular complexity index is 2380. The molecule has 0 aromatic rings. The van der Waals surface area contributed by atoms with Crippen molar-refractivity contribution in [2.75, 3.05) is 35.0 Å². The zero-order valence-electron chi connectivity index (χ0n) is 52.9. The summed E-state index contributed by atoms with van der Waals surface area (Å²) in [7, 11) is 5.91. The van der Waals surface area contributed by atoms with Crippen LogP contribution in [-0.4, -0.2) is 248 Å². The van der Waals surface area contributed by atoms with Crippen LogP contribution >= 0.6 is 0 Å². The average Bonchev–Trinajstić information content (AvgIpc) is 1.65. The molecule has 0 unspecified atom stereocenters. The van der Waals surface area contributed by atoms with Crippen molar-refractivity contribution in [2.24, 2.45) is 28.6 Å². The molecule has 3 saturated carbocycles. The van der Waals surface area contributed by atoms with Crippen LogP contribution in [0.25, 0.3) is 0 Å². The molecular weight excluding hydrogens is 1140 g/mol. The molecule has 0 radical (unpaired) electrons.